The number of likely N-dealkylation sites (tertiary alicyclic amines) is 1. The molecule has 2 unspecified atom stereocenters. The number of hydrogen-bond acceptors (Lipinski definition) is 8. The molecule has 188 valence electrons. The second kappa shape index (κ2) is 9.42. The lowest BCUT2D eigenvalue weighted by atomic mass is 9.97. The van der Waals surface area contributed by atoms with Gasteiger partial charge in [0.1, 0.15) is 17.8 Å². The van der Waals surface area contributed by atoms with Crippen molar-refractivity contribution in [2.45, 2.75) is 19.0 Å². The predicted molar refractivity (Wildman–Crippen MR) is 133 cm³/mol. The fourth-order valence-electron chi connectivity index (χ4n) is 4.97. The van der Waals surface area contributed by atoms with Crippen molar-refractivity contribution in [1.29, 1.82) is 0 Å². The highest BCUT2D eigenvalue weighted by molar-refractivity contribution is 6.31. The highest BCUT2D eigenvalue weighted by Crippen LogP contribution is 2.33. The molecule has 4 N–H and O–H groups in total. The first-order chi connectivity index (χ1) is 17.5. The van der Waals surface area contributed by atoms with Crippen LogP contribution in [0.2, 0.25) is 0 Å². The zero-order valence-corrected chi connectivity index (χ0v) is 20.2. The van der Waals surface area contributed by atoms with Crippen molar-refractivity contribution in [3.63, 3.8) is 0 Å². The molecule has 11 heteroatoms. The molecule has 1 fully saturated rings. The van der Waals surface area contributed by atoms with Gasteiger partial charge < -0.3 is 35.6 Å². The maximum atomic E-state index is 14.7. The van der Waals surface area contributed by atoms with Gasteiger partial charge in [0.05, 0.1) is 11.6 Å². The molecule has 36 heavy (non-hydrogen) atoms. The van der Waals surface area contributed by atoms with Gasteiger partial charge in [-0.3, -0.25) is 9.79 Å². The molecule has 0 aromatic heterocycles. The number of carbonyl (C=O) groups excluding carboxylic acids is 1. The third kappa shape index (κ3) is 4.37. The Morgan fingerprint density at radius 3 is 3.11 bits per heavy atom. The minimum atomic E-state index is -0.302. The number of fused-ring (bicyclic) bond motifs is 2. The molecule has 6 rings (SSSR count). The first kappa shape index (κ1) is 22.8. The van der Waals surface area contributed by atoms with Gasteiger partial charge >= 0.3 is 0 Å². The monoisotopic (exact) mass is 512 g/mol. The SMILES string of the molecule is O=C(c1ccc2c(c1)OCO2)N1CCCC(CNC2=C(F)CNC(=C3C=NC4NC=C(Cl)C=C34)N2)C1. The number of piperidine rings is 1. The van der Waals surface area contributed by atoms with Gasteiger partial charge in [-0.2, -0.15) is 0 Å². The molecule has 0 spiro atoms. The van der Waals surface area contributed by atoms with Crippen LogP contribution in [0.5, 0.6) is 11.5 Å². The van der Waals surface area contributed by atoms with Crippen molar-refractivity contribution in [3.8, 4) is 11.5 Å². The van der Waals surface area contributed by atoms with Crippen molar-refractivity contribution in [3.05, 3.63) is 69.7 Å². The number of carbonyl (C=O) groups is 1. The van der Waals surface area contributed by atoms with E-state index in [-0.39, 0.29) is 37.2 Å². The minimum Gasteiger partial charge on any atom is -0.454 e. The van der Waals surface area contributed by atoms with E-state index in [1.165, 1.54) is 0 Å². The van der Waals surface area contributed by atoms with Crippen LogP contribution in [0.1, 0.15) is 23.2 Å². The molecular formula is C25H26ClFN6O3. The third-order valence-electron chi connectivity index (χ3n) is 6.83. The first-order valence-electron chi connectivity index (χ1n) is 12.0. The predicted octanol–water partition coefficient (Wildman–Crippen LogP) is 2.42. The lowest BCUT2D eigenvalue weighted by Gasteiger charge is -2.34. The number of nitrogens with zero attached hydrogens (tertiary/aromatic N) is 2. The third-order valence-corrected chi connectivity index (χ3v) is 7.05. The van der Waals surface area contributed by atoms with Gasteiger partial charge in [-0.1, -0.05) is 11.6 Å². The summed E-state index contributed by atoms with van der Waals surface area (Å²) in [6.45, 7) is 2.07. The highest BCUT2D eigenvalue weighted by atomic mass is 35.5. The zero-order chi connectivity index (χ0) is 24.6. The standard InChI is InChI=1S/C25H26ClFN6O3/c26-16-7-17-18(10-30-22(17)29-9-16)23-31-11-19(27)24(32-23)28-8-14-2-1-5-33(12-14)25(34)15-3-4-20-21(6-15)36-13-35-20/h3-4,6-7,9-10,14,22,28-29,31-32H,1-2,5,8,11-13H2. The van der Waals surface area contributed by atoms with E-state index >= 15 is 0 Å². The summed E-state index contributed by atoms with van der Waals surface area (Å²) < 4.78 is 25.4. The van der Waals surface area contributed by atoms with E-state index in [0.717, 1.165) is 24.0 Å². The first-order valence-corrected chi connectivity index (χ1v) is 12.4. The smallest absolute Gasteiger partial charge is 0.254 e. The normalized spacial score (nSPS) is 26.4. The summed E-state index contributed by atoms with van der Waals surface area (Å²) in [6, 6.07) is 5.27. The summed E-state index contributed by atoms with van der Waals surface area (Å²) in [6.07, 6.45) is 6.97. The van der Waals surface area contributed by atoms with E-state index in [1.807, 2.05) is 11.0 Å². The highest BCUT2D eigenvalue weighted by Gasteiger charge is 2.30. The molecule has 1 aromatic carbocycles. The topological polar surface area (TPSA) is 99.2 Å². The van der Waals surface area contributed by atoms with Crippen LogP contribution >= 0.6 is 11.6 Å². The number of nitrogens with one attached hydrogen (secondary N) is 4. The second-order valence-electron chi connectivity index (χ2n) is 9.23. The largest absolute Gasteiger partial charge is 0.454 e. The molecule has 0 aliphatic carbocycles. The van der Waals surface area contributed by atoms with E-state index in [9.17, 15) is 9.18 Å². The molecule has 0 bridgehead atoms. The van der Waals surface area contributed by atoms with E-state index < -0.39 is 0 Å². The van der Waals surface area contributed by atoms with Crippen molar-refractivity contribution < 1.29 is 18.7 Å². The number of halogens is 2. The number of hydrogen-bond donors (Lipinski definition) is 4. The van der Waals surface area contributed by atoms with Crippen LogP contribution in [-0.2, 0) is 0 Å². The Labute approximate surface area is 212 Å². The lowest BCUT2D eigenvalue weighted by Crippen LogP contribution is -2.45. The van der Waals surface area contributed by atoms with Gasteiger partial charge in [-0.15, -0.1) is 0 Å². The molecule has 0 saturated carbocycles. The van der Waals surface area contributed by atoms with Crippen molar-refractivity contribution >= 4 is 23.7 Å². The maximum Gasteiger partial charge on any atom is 0.254 e. The minimum absolute atomic E-state index is 0.0347. The van der Waals surface area contributed by atoms with Gasteiger partial charge in [0.25, 0.3) is 5.91 Å². The number of rotatable bonds is 4. The Balaban J connectivity index is 1.10. The number of aliphatic imine (C=N–C) groups is 1. The molecule has 5 aliphatic heterocycles. The van der Waals surface area contributed by atoms with Crippen molar-refractivity contribution in [1.82, 2.24) is 26.2 Å². The Bertz CT molecular complexity index is 1260. The van der Waals surface area contributed by atoms with Crippen LogP contribution in [0.3, 0.4) is 0 Å². The van der Waals surface area contributed by atoms with Gasteiger partial charge in [-0.05, 0) is 43.0 Å². The van der Waals surface area contributed by atoms with Crippen LogP contribution < -0.4 is 30.7 Å². The van der Waals surface area contributed by atoms with Crippen molar-refractivity contribution in [2.24, 2.45) is 10.9 Å². The number of ether oxygens (including phenoxy) is 2. The van der Waals surface area contributed by atoms with Crippen LogP contribution in [-0.4, -0.2) is 56.2 Å². The second-order valence-corrected chi connectivity index (χ2v) is 9.67. The Kier molecular flexibility index (Phi) is 5.96. The molecule has 0 radical (unpaired) electrons. The summed E-state index contributed by atoms with van der Waals surface area (Å²) >= 11 is 6.15. The Morgan fingerprint density at radius 1 is 1.31 bits per heavy atom. The fraction of sp³-hybridized carbons (Fsp3) is 0.360. The van der Waals surface area contributed by atoms with Gasteiger partial charge in [0, 0.05) is 48.8 Å². The van der Waals surface area contributed by atoms with Gasteiger partial charge in [0.15, 0.2) is 17.3 Å². The van der Waals surface area contributed by atoms with Crippen molar-refractivity contribution in [2.75, 3.05) is 33.0 Å². The van der Waals surface area contributed by atoms with Gasteiger partial charge in [0.2, 0.25) is 6.79 Å². The Morgan fingerprint density at radius 2 is 2.19 bits per heavy atom. The van der Waals surface area contributed by atoms with E-state index in [0.29, 0.717) is 53.4 Å². The maximum absolute atomic E-state index is 14.7. The molecule has 9 nitrogen and oxygen atoms in total. The number of allylic oxidation sites excluding steroid dienone is 2. The van der Waals surface area contributed by atoms with E-state index in [4.69, 9.17) is 21.1 Å². The summed E-state index contributed by atoms with van der Waals surface area (Å²) in [5.74, 6) is 2.11. The molecule has 5 heterocycles. The molecule has 2 atom stereocenters. The van der Waals surface area contributed by atoms with Crippen LogP contribution in [0.15, 0.2) is 69.1 Å². The van der Waals surface area contributed by atoms with Crippen LogP contribution in [0.25, 0.3) is 0 Å². The number of dihydropyridines is 1. The molecular weight excluding hydrogens is 487 g/mol. The average molecular weight is 513 g/mol. The summed E-state index contributed by atoms with van der Waals surface area (Å²) in [7, 11) is 0. The summed E-state index contributed by atoms with van der Waals surface area (Å²) in [5, 5.41) is 13.2. The quantitative estimate of drug-likeness (QED) is 0.492. The molecule has 1 saturated heterocycles. The summed E-state index contributed by atoms with van der Waals surface area (Å²) in [4.78, 5) is 19.4. The summed E-state index contributed by atoms with van der Waals surface area (Å²) in [5.41, 5.74) is 2.34. The number of amides is 1. The number of benzene rings is 1. The van der Waals surface area contributed by atoms with Gasteiger partial charge in [-0.25, -0.2) is 4.39 Å². The molecule has 5 aliphatic rings. The molecule has 1 amide bonds. The van der Waals surface area contributed by atoms with E-state index in [2.05, 4.69) is 26.3 Å². The average Bonchev–Trinajstić information content (AvgIpc) is 3.54. The van der Waals surface area contributed by atoms with Crippen LogP contribution in [0, 0.1) is 5.92 Å². The molecule has 1 aromatic rings. The fourth-order valence-corrected chi connectivity index (χ4v) is 5.15. The Hall–Kier alpha value is -3.66. The zero-order valence-electron chi connectivity index (χ0n) is 19.4. The van der Waals surface area contributed by atoms with E-state index in [1.54, 1.807) is 30.6 Å². The lowest BCUT2D eigenvalue weighted by molar-refractivity contribution is 0.0674. The van der Waals surface area contributed by atoms with Crippen LogP contribution in [0.4, 0.5) is 4.39 Å².